The van der Waals surface area contributed by atoms with Crippen LogP contribution in [0.5, 0.6) is 0 Å². The van der Waals surface area contributed by atoms with Gasteiger partial charge < -0.3 is 5.73 Å². The molecule has 0 atom stereocenters. The minimum atomic E-state index is -3.35. The third-order valence-corrected chi connectivity index (χ3v) is 3.39. The molecule has 1 rings (SSSR count). The van der Waals surface area contributed by atoms with Crippen LogP contribution in [0.4, 0.5) is 5.69 Å². The number of nitrogen functional groups attached to an aromatic ring is 1. The van der Waals surface area contributed by atoms with Gasteiger partial charge in [-0.2, -0.15) is 17.4 Å². The number of nitrogens with two attached hydrogens (primary N) is 1. The molecule has 1 aromatic carbocycles. The standard InChI is InChI=1S/C9H15N3O2S/c1-12(2)15(13,14)11-7-8-3-5-9(10)6-4-8/h3-6,11H,7,10H2,1-2H3. The second kappa shape index (κ2) is 4.61. The lowest BCUT2D eigenvalue weighted by atomic mass is 10.2. The lowest BCUT2D eigenvalue weighted by molar-refractivity contribution is 0.505. The van der Waals surface area contributed by atoms with Crippen LogP contribution >= 0.6 is 0 Å². The number of benzene rings is 1. The fourth-order valence-corrected chi connectivity index (χ4v) is 1.55. The Morgan fingerprint density at radius 1 is 1.27 bits per heavy atom. The smallest absolute Gasteiger partial charge is 0.279 e. The highest BCUT2D eigenvalue weighted by molar-refractivity contribution is 7.87. The first-order chi connectivity index (χ1) is 6.92. The van der Waals surface area contributed by atoms with Gasteiger partial charge in [-0.25, -0.2) is 0 Å². The van der Waals surface area contributed by atoms with E-state index in [1.165, 1.54) is 14.1 Å². The highest BCUT2D eigenvalue weighted by Crippen LogP contribution is 2.05. The van der Waals surface area contributed by atoms with E-state index in [1.807, 2.05) is 0 Å². The average Bonchev–Trinajstić information content (AvgIpc) is 2.17. The molecule has 1 aromatic rings. The molecule has 0 saturated carbocycles. The molecule has 0 spiro atoms. The molecule has 0 aliphatic rings. The monoisotopic (exact) mass is 229 g/mol. The zero-order valence-corrected chi connectivity index (χ0v) is 9.58. The molecule has 0 radical (unpaired) electrons. The third-order valence-electron chi connectivity index (χ3n) is 1.92. The van der Waals surface area contributed by atoms with Crippen molar-refractivity contribution in [1.29, 1.82) is 0 Å². The highest BCUT2D eigenvalue weighted by atomic mass is 32.2. The first-order valence-corrected chi connectivity index (χ1v) is 5.87. The van der Waals surface area contributed by atoms with Gasteiger partial charge in [0, 0.05) is 26.3 Å². The first kappa shape index (κ1) is 12.0. The summed E-state index contributed by atoms with van der Waals surface area (Å²) in [5, 5.41) is 0. The molecule has 6 heteroatoms. The van der Waals surface area contributed by atoms with Crippen molar-refractivity contribution >= 4 is 15.9 Å². The van der Waals surface area contributed by atoms with Gasteiger partial charge in [0.2, 0.25) is 0 Å². The average molecular weight is 229 g/mol. The maximum atomic E-state index is 11.4. The normalized spacial score (nSPS) is 11.9. The van der Waals surface area contributed by atoms with E-state index in [1.54, 1.807) is 24.3 Å². The van der Waals surface area contributed by atoms with Crippen LogP contribution in [0, 0.1) is 0 Å². The fraction of sp³-hybridized carbons (Fsp3) is 0.333. The van der Waals surface area contributed by atoms with Crippen molar-refractivity contribution in [1.82, 2.24) is 9.03 Å². The third kappa shape index (κ3) is 3.50. The molecule has 3 N–H and O–H groups in total. The lowest BCUT2D eigenvalue weighted by Crippen LogP contribution is -2.35. The fourth-order valence-electron chi connectivity index (χ4n) is 0.939. The molecular formula is C9H15N3O2S. The van der Waals surface area contributed by atoms with E-state index in [9.17, 15) is 8.42 Å². The topological polar surface area (TPSA) is 75.4 Å². The summed E-state index contributed by atoms with van der Waals surface area (Å²) in [6.07, 6.45) is 0. The second-order valence-electron chi connectivity index (χ2n) is 3.35. The van der Waals surface area contributed by atoms with Crippen LogP contribution in [0.3, 0.4) is 0 Å². The Hall–Kier alpha value is -1.11. The van der Waals surface area contributed by atoms with Gasteiger partial charge in [-0.1, -0.05) is 12.1 Å². The summed E-state index contributed by atoms with van der Waals surface area (Å²) in [6.45, 7) is 0.265. The van der Waals surface area contributed by atoms with Crippen LogP contribution in [-0.4, -0.2) is 26.8 Å². The van der Waals surface area contributed by atoms with Crippen LogP contribution in [-0.2, 0) is 16.8 Å². The lowest BCUT2D eigenvalue weighted by Gasteiger charge is -2.12. The molecule has 0 amide bonds. The van der Waals surface area contributed by atoms with Gasteiger partial charge in [-0.05, 0) is 17.7 Å². The Balaban J connectivity index is 2.62. The van der Waals surface area contributed by atoms with E-state index in [4.69, 9.17) is 5.73 Å². The Kier molecular flexibility index (Phi) is 3.67. The Morgan fingerprint density at radius 3 is 2.27 bits per heavy atom. The molecule has 0 unspecified atom stereocenters. The number of nitrogens with zero attached hydrogens (tertiary/aromatic N) is 1. The summed E-state index contributed by atoms with van der Waals surface area (Å²) < 4.78 is 26.3. The summed E-state index contributed by atoms with van der Waals surface area (Å²) in [5.74, 6) is 0. The van der Waals surface area contributed by atoms with Crippen LogP contribution < -0.4 is 10.5 Å². The largest absolute Gasteiger partial charge is 0.399 e. The molecular weight excluding hydrogens is 214 g/mol. The molecule has 84 valence electrons. The molecule has 15 heavy (non-hydrogen) atoms. The molecule has 0 saturated heterocycles. The Labute approximate surface area is 90.1 Å². The van der Waals surface area contributed by atoms with Gasteiger partial charge in [0.15, 0.2) is 0 Å². The molecule has 0 bridgehead atoms. The zero-order valence-electron chi connectivity index (χ0n) is 8.77. The van der Waals surface area contributed by atoms with Gasteiger partial charge >= 0.3 is 0 Å². The summed E-state index contributed by atoms with van der Waals surface area (Å²) in [7, 11) is -0.399. The van der Waals surface area contributed by atoms with Crippen molar-refractivity contribution in [2.75, 3.05) is 19.8 Å². The number of nitrogens with one attached hydrogen (secondary N) is 1. The highest BCUT2D eigenvalue weighted by Gasteiger charge is 2.11. The van der Waals surface area contributed by atoms with Gasteiger partial charge in [0.25, 0.3) is 10.2 Å². The second-order valence-corrected chi connectivity index (χ2v) is 5.32. The van der Waals surface area contributed by atoms with Crippen molar-refractivity contribution in [3.63, 3.8) is 0 Å². The summed E-state index contributed by atoms with van der Waals surface area (Å²) >= 11 is 0. The SMILES string of the molecule is CN(C)S(=O)(=O)NCc1ccc(N)cc1. The minimum Gasteiger partial charge on any atom is -0.399 e. The van der Waals surface area contributed by atoms with Gasteiger partial charge in [-0.3, -0.25) is 0 Å². The molecule has 5 nitrogen and oxygen atoms in total. The van der Waals surface area contributed by atoms with Crippen molar-refractivity contribution in [2.24, 2.45) is 0 Å². The van der Waals surface area contributed by atoms with Crippen LogP contribution in [0.15, 0.2) is 24.3 Å². The van der Waals surface area contributed by atoms with E-state index < -0.39 is 10.2 Å². The van der Waals surface area contributed by atoms with Gasteiger partial charge in [0.1, 0.15) is 0 Å². The van der Waals surface area contributed by atoms with Gasteiger partial charge in [0.05, 0.1) is 0 Å². The van der Waals surface area contributed by atoms with Crippen molar-refractivity contribution in [3.05, 3.63) is 29.8 Å². The van der Waals surface area contributed by atoms with E-state index in [-0.39, 0.29) is 6.54 Å². The maximum absolute atomic E-state index is 11.4. The van der Waals surface area contributed by atoms with E-state index >= 15 is 0 Å². The van der Waals surface area contributed by atoms with E-state index in [2.05, 4.69) is 4.72 Å². The van der Waals surface area contributed by atoms with E-state index in [0.717, 1.165) is 9.87 Å². The number of rotatable bonds is 4. The van der Waals surface area contributed by atoms with Crippen LogP contribution in [0.25, 0.3) is 0 Å². The molecule has 0 aliphatic carbocycles. The molecule has 0 heterocycles. The summed E-state index contributed by atoms with van der Waals surface area (Å²) in [4.78, 5) is 0. The van der Waals surface area contributed by atoms with Crippen molar-refractivity contribution in [3.8, 4) is 0 Å². The van der Waals surface area contributed by atoms with Crippen LogP contribution in [0.1, 0.15) is 5.56 Å². The molecule has 0 aromatic heterocycles. The van der Waals surface area contributed by atoms with Crippen molar-refractivity contribution < 1.29 is 8.42 Å². The number of anilines is 1. The van der Waals surface area contributed by atoms with Crippen molar-refractivity contribution in [2.45, 2.75) is 6.54 Å². The van der Waals surface area contributed by atoms with Gasteiger partial charge in [-0.15, -0.1) is 0 Å². The molecule has 0 aliphatic heterocycles. The predicted octanol–water partition coefficient (Wildman–Crippen LogP) is 0.165. The minimum absolute atomic E-state index is 0.265. The quantitative estimate of drug-likeness (QED) is 0.722. The first-order valence-electron chi connectivity index (χ1n) is 4.43. The molecule has 0 fully saturated rings. The maximum Gasteiger partial charge on any atom is 0.279 e. The summed E-state index contributed by atoms with van der Waals surface area (Å²) in [5.41, 5.74) is 7.04. The summed E-state index contributed by atoms with van der Waals surface area (Å²) in [6, 6.07) is 7.04. The zero-order chi connectivity index (χ0) is 11.5. The Morgan fingerprint density at radius 2 is 1.80 bits per heavy atom. The number of hydrogen-bond acceptors (Lipinski definition) is 3. The Bertz CT molecular complexity index is 411. The van der Waals surface area contributed by atoms with Crippen LogP contribution in [0.2, 0.25) is 0 Å². The predicted molar refractivity (Wildman–Crippen MR) is 60.3 cm³/mol. The van der Waals surface area contributed by atoms with E-state index in [0.29, 0.717) is 5.69 Å². The number of hydrogen-bond donors (Lipinski definition) is 2.